The van der Waals surface area contributed by atoms with E-state index in [2.05, 4.69) is 17.4 Å². The van der Waals surface area contributed by atoms with Crippen molar-refractivity contribution < 1.29 is 14.3 Å². The number of hydrogen-bond donors (Lipinski definition) is 1. The summed E-state index contributed by atoms with van der Waals surface area (Å²) in [6, 6.07) is 23.8. The zero-order valence-electron chi connectivity index (χ0n) is 17.3. The van der Waals surface area contributed by atoms with E-state index >= 15 is 0 Å². The molecule has 0 aliphatic carbocycles. The monoisotopic (exact) mass is 389 g/mol. The summed E-state index contributed by atoms with van der Waals surface area (Å²) < 4.78 is 11.6. The van der Waals surface area contributed by atoms with Gasteiger partial charge in [0, 0.05) is 6.92 Å². The summed E-state index contributed by atoms with van der Waals surface area (Å²) in [5.74, 6) is 2.35. The predicted octanol–water partition coefficient (Wildman–Crippen LogP) is 6.13. The highest BCUT2D eigenvalue weighted by Gasteiger charge is 2.07. The van der Waals surface area contributed by atoms with Gasteiger partial charge in [0.05, 0.1) is 12.1 Å². The summed E-state index contributed by atoms with van der Waals surface area (Å²) in [4.78, 5) is 11.2. The predicted molar refractivity (Wildman–Crippen MR) is 116 cm³/mol. The van der Waals surface area contributed by atoms with Crippen LogP contribution in [0.15, 0.2) is 72.8 Å². The molecule has 0 radical (unpaired) electrons. The Morgan fingerprint density at radius 1 is 0.724 bits per heavy atom. The first-order valence-corrected chi connectivity index (χ1v) is 9.83. The lowest BCUT2D eigenvalue weighted by Crippen LogP contribution is -2.23. The number of amides is 1. The van der Waals surface area contributed by atoms with E-state index in [1.54, 1.807) is 0 Å². The van der Waals surface area contributed by atoms with Crippen LogP contribution in [-0.4, -0.2) is 12.0 Å². The van der Waals surface area contributed by atoms with E-state index in [0.717, 1.165) is 33.9 Å². The normalized spacial score (nSPS) is 11.8. The number of hydrogen-bond acceptors (Lipinski definition) is 3. The molecule has 0 aromatic heterocycles. The molecule has 1 unspecified atom stereocenters. The third-order valence-electron chi connectivity index (χ3n) is 4.45. The van der Waals surface area contributed by atoms with E-state index in [9.17, 15) is 4.79 Å². The first kappa shape index (κ1) is 20.5. The molecule has 0 bridgehead atoms. The summed E-state index contributed by atoms with van der Waals surface area (Å²) in [5, 5.41) is 2.90. The van der Waals surface area contributed by atoms with Crippen molar-refractivity contribution >= 4 is 5.91 Å². The molecule has 0 aliphatic heterocycles. The van der Waals surface area contributed by atoms with Crippen LogP contribution in [0.25, 0.3) is 11.1 Å². The molecule has 0 saturated carbocycles. The molecule has 0 spiro atoms. The number of rotatable bonds is 7. The van der Waals surface area contributed by atoms with Crippen LogP contribution in [0, 0.1) is 0 Å². The standard InChI is InChI=1S/C25H27NO3/c1-17(2)28-23-13-15-25(16-14-23)29-24-11-9-22(10-12-24)21-7-5-20(6-8-21)18(3)26-19(4)27/h5-18H,1-4H3,(H,26,27). The van der Waals surface area contributed by atoms with E-state index in [4.69, 9.17) is 9.47 Å². The van der Waals surface area contributed by atoms with Gasteiger partial charge in [-0.2, -0.15) is 0 Å². The maximum atomic E-state index is 11.2. The average molecular weight is 389 g/mol. The SMILES string of the molecule is CC(=O)NC(C)c1ccc(-c2ccc(Oc3ccc(OC(C)C)cc3)cc2)cc1. The van der Waals surface area contributed by atoms with Crippen LogP contribution >= 0.6 is 0 Å². The van der Waals surface area contributed by atoms with Crippen molar-refractivity contribution in [2.24, 2.45) is 0 Å². The van der Waals surface area contributed by atoms with Crippen LogP contribution in [0.4, 0.5) is 0 Å². The molecule has 0 heterocycles. The second-order valence-corrected chi connectivity index (χ2v) is 7.31. The van der Waals surface area contributed by atoms with Crippen molar-refractivity contribution in [3.63, 3.8) is 0 Å². The molecule has 3 rings (SSSR count). The van der Waals surface area contributed by atoms with Gasteiger partial charge in [-0.1, -0.05) is 36.4 Å². The summed E-state index contributed by atoms with van der Waals surface area (Å²) in [6.45, 7) is 7.51. The molecular formula is C25H27NO3. The average Bonchev–Trinajstić information content (AvgIpc) is 2.69. The molecule has 150 valence electrons. The van der Waals surface area contributed by atoms with Gasteiger partial charge in [-0.3, -0.25) is 4.79 Å². The lowest BCUT2D eigenvalue weighted by Gasteiger charge is -2.13. The molecule has 1 N–H and O–H groups in total. The molecule has 1 amide bonds. The van der Waals surface area contributed by atoms with E-state index < -0.39 is 0 Å². The van der Waals surface area contributed by atoms with Crippen molar-refractivity contribution in [3.05, 3.63) is 78.4 Å². The highest BCUT2D eigenvalue weighted by Crippen LogP contribution is 2.28. The fraction of sp³-hybridized carbons (Fsp3) is 0.240. The molecule has 29 heavy (non-hydrogen) atoms. The fourth-order valence-electron chi connectivity index (χ4n) is 3.06. The molecule has 3 aromatic rings. The van der Waals surface area contributed by atoms with E-state index in [1.165, 1.54) is 6.92 Å². The van der Waals surface area contributed by atoms with Gasteiger partial charge in [-0.05, 0) is 73.9 Å². The number of nitrogens with one attached hydrogen (secondary N) is 1. The van der Waals surface area contributed by atoms with Crippen molar-refractivity contribution in [1.82, 2.24) is 5.32 Å². The van der Waals surface area contributed by atoms with Gasteiger partial charge in [0.25, 0.3) is 0 Å². The van der Waals surface area contributed by atoms with Gasteiger partial charge >= 0.3 is 0 Å². The van der Waals surface area contributed by atoms with Crippen LogP contribution in [0.5, 0.6) is 17.2 Å². The first-order chi connectivity index (χ1) is 13.9. The Hall–Kier alpha value is -3.27. The highest BCUT2D eigenvalue weighted by molar-refractivity contribution is 5.73. The topological polar surface area (TPSA) is 47.6 Å². The van der Waals surface area contributed by atoms with E-state index in [0.29, 0.717) is 0 Å². The Labute approximate surface area is 172 Å². The van der Waals surface area contributed by atoms with Crippen molar-refractivity contribution in [1.29, 1.82) is 0 Å². The van der Waals surface area contributed by atoms with Crippen LogP contribution in [0.3, 0.4) is 0 Å². The molecule has 4 heteroatoms. The van der Waals surface area contributed by atoms with Crippen molar-refractivity contribution in [3.8, 4) is 28.4 Å². The molecule has 3 aromatic carbocycles. The van der Waals surface area contributed by atoms with Gasteiger partial charge in [-0.25, -0.2) is 0 Å². The first-order valence-electron chi connectivity index (χ1n) is 9.83. The lowest BCUT2D eigenvalue weighted by atomic mass is 10.0. The summed E-state index contributed by atoms with van der Waals surface area (Å²) in [6.07, 6.45) is 0.150. The smallest absolute Gasteiger partial charge is 0.217 e. The Morgan fingerprint density at radius 2 is 1.17 bits per heavy atom. The Morgan fingerprint density at radius 3 is 1.66 bits per heavy atom. The quantitative estimate of drug-likeness (QED) is 0.529. The maximum Gasteiger partial charge on any atom is 0.217 e. The third-order valence-corrected chi connectivity index (χ3v) is 4.45. The number of carbonyl (C=O) groups is 1. The second-order valence-electron chi connectivity index (χ2n) is 7.31. The minimum Gasteiger partial charge on any atom is -0.491 e. The summed E-state index contributed by atoms with van der Waals surface area (Å²) in [7, 11) is 0. The third kappa shape index (κ3) is 5.85. The van der Waals surface area contributed by atoms with E-state index in [1.807, 2.05) is 81.4 Å². The largest absolute Gasteiger partial charge is 0.491 e. The minimum absolute atomic E-state index is 0.00495. The summed E-state index contributed by atoms with van der Waals surface area (Å²) >= 11 is 0. The minimum atomic E-state index is -0.0285. The van der Waals surface area contributed by atoms with Crippen LogP contribution in [0.2, 0.25) is 0 Å². The van der Waals surface area contributed by atoms with Gasteiger partial charge in [0.2, 0.25) is 5.91 Å². The number of benzene rings is 3. The lowest BCUT2D eigenvalue weighted by molar-refractivity contribution is -0.119. The molecule has 0 aliphatic rings. The van der Waals surface area contributed by atoms with Gasteiger partial charge < -0.3 is 14.8 Å². The van der Waals surface area contributed by atoms with E-state index in [-0.39, 0.29) is 18.1 Å². The Bertz CT molecular complexity index is 929. The zero-order chi connectivity index (χ0) is 20.8. The molecular weight excluding hydrogens is 362 g/mol. The molecule has 1 atom stereocenters. The fourth-order valence-corrected chi connectivity index (χ4v) is 3.06. The van der Waals surface area contributed by atoms with Gasteiger partial charge in [0.15, 0.2) is 0 Å². The van der Waals surface area contributed by atoms with Gasteiger partial charge in [0.1, 0.15) is 17.2 Å². The van der Waals surface area contributed by atoms with Crippen molar-refractivity contribution in [2.45, 2.75) is 39.8 Å². The number of ether oxygens (including phenoxy) is 2. The van der Waals surface area contributed by atoms with Crippen LogP contribution in [0.1, 0.15) is 39.3 Å². The Balaban J connectivity index is 1.64. The summed E-state index contributed by atoms with van der Waals surface area (Å²) in [5.41, 5.74) is 3.30. The second kappa shape index (κ2) is 9.28. The highest BCUT2D eigenvalue weighted by atomic mass is 16.5. The van der Waals surface area contributed by atoms with Gasteiger partial charge in [-0.15, -0.1) is 0 Å². The van der Waals surface area contributed by atoms with Crippen LogP contribution < -0.4 is 14.8 Å². The molecule has 0 fully saturated rings. The molecule has 0 saturated heterocycles. The maximum absolute atomic E-state index is 11.2. The number of carbonyl (C=O) groups excluding carboxylic acids is 1. The van der Waals surface area contributed by atoms with Crippen molar-refractivity contribution in [2.75, 3.05) is 0 Å². The zero-order valence-corrected chi connectivity index (χ0v) is 17.3. The van der Waals surface area contributed by atoms with Crippen LogP contribution in [-0.2, 0) is 4.79 Å². The molecule has 4 nitrogen and oxygen atoms in total. The Kier molecular flexibility index (Phi) is 6.55.